The highest BCUT2D eigenvalue weighted by Crippen LogP contribution is 2.28. The number of benzene rings is 2. The van der Waals surface area contributed by atoms with E-state index in [1.54, 1.807) is 24.3 Å². The van der Waals surface area contributed by atoms with Crippen molar-refractivity contribution in [2.24, 2.45) is 0 Å². The fraction of sp³-hybridized carbons (Fsp3) is 0.273. The molecule has 2 heterocycles. The second kappa shape index (κ2) is 8.39. The highest BCUT2D eigenvalue weighted by molar-refractivity contribution is 6.31. The molecule has 0 bridgehead atoms. The number of amides is 5. The maximum Gasteiger partial charge on any atom is 0.319 e. The highest BCUT2D eigenvalue weighted by Gasteiger charge is 2.39. The molecular formula is C22H21ClN4O4. The number of nitrogens with one attached hydrogen (secondary N) is 3. The third-order valence-electron chi connectivity index (χ3n) is 5.46. The van der Waals surface area contributed by atoms with Crippen molar-refractivity contribution in [1.29, 1.82) is 0 Å². The van der Waals surface area contributed by atoms with Crippen LogP contribution in [0, 0.1) is 6.92 Å². The summed E-state index contributed by atoms with van der Waals surface area (Å²) in [5, 5.41) is 8.42. The predicted molar refractivity (Wildman–Crippen MR) is 115 cm³/mol. The number of rotatable bonds is 4. The summed E-state index contributed by atoms with van der Waals surface area (Å²) in [7, 11) is 0. The number of piperidine rings is 1. The van der Waals surface area contributed by atoms with Crippen LogP contribution in [-0.4, -0.2) is 34.7 Å². The van der Waals surface area contributed by atoms with Gasteiger partial charge in [-0.1, -0.05) is 23.7 Å². The Morgan fingerprint density at radius 1 is 1.19 bits per heavy atom. The van der Waals surface area contributed by atoms with Crippen molar-refractivity contribution in [2.75, 3.05) is 5.32 Å². The molecule has 2 aliphatic heterocycles. The average molecular weight is 441 g/mol. The third-order valence-corrected chi connectivity index (χ3v) is 5.89. The van der Waals surface area contributed by atoms with Crippen molar-refractivity contribution < 1.29 is 19.2 Å². The Kier molecular flexibility index (Phi) is 5.65. The molecule has 1 unspecified atom stereocenters. The molecular weight excluding hydrogens is 420 g/mol. The monoisotopic (exact) mass is 440 g/mol. The maximum atomic E-state index is 12.9. The first kappa shape index (κ1) is 20.9. The Hall–Kier alpha value is -3.39. The normalized spacial score (nSPS) is 17.9. The van der Waals surface area contributed by atoms with E-state index in [-0.39, 0.29) is 30.8 Å². The standard InChI is InChI=1S/C22H21ClN4O4/c1-12-8-15(4-5-17(12)23)25-22(31)24-10-13-2-3-14-11-27(21(30)16(14)9-13)18-6-7-19(28)26-20(18)29/h2-5,8-9,18H,6-7,10-11H2,1H3,(H2,24,25,31)(H,26,28,29). The summed E-state index contributed by atoms with van der Waals surface area (Å²) in [6.07, 6.45) is 0.539. The molecule has 0 spiro atoms. The van der Waals surface area contributed by atoms with Gasteiger partial charge in [-0.3, -0.25) is 19.7 Å². The fourth-order valence-corrected chi connectivity index (χ4v) is 3.91. The van der Waals surface area contributed by atoms with Gasteiger partial charge in [-0.2, -0.15) is 0 Å². The van der Waals surface area contributed by atoms with Crippen molar-refractivity contribution in [1.82, 2.24) is 15.5 Å². The molecule has 31 heavy (non-hydrogen) atoms. The van der Waals surface area contributed by atoms with Crippen LogP contribution in [0.25, 0.3) is 0 Å². The lowest BCUT2D eigenvalue weighted by molar-refractivity contribution is -0.136. The van der Waals surface area contributed by atoms with Crippen molar-refractivity contribution in [3.05, 3.63) is 63.7 Å². The first-order valence-electron chi connectivity index (χ1n) is 9.89. The van der Waals surface area contributed by atoms with E-state index in [1.165, 1.54) is 4.90 Å². The molecule has 2 aliphatic rings. The fourth-order valence-electron chi connectivity index (χ4n) is 3.79. The first-order valence-corrected chi connectivity index (χ1v) is 10.3. The molecule has 2 aromatic carbocycles. The van der Waals surface area contributed by atoms with Crippen molar-refractivity contribution >= 4 is 41.0 Å². The SMILES string of the molecule is Cc1cc(NC(=O)NCc2ccc3c(c2)C(=O)N(C2CCC(=O)NC2=O)C3)ccc1Cl. The van der Waals surface area contributed by atoms with Crippen LogP contribution in [0.4, 0.5) is 10.5 Å². The first-order chi connectivity index (χ1) is 14.8. The molecule has 5 amide bonds. The third kappa shape index (κ3) is 4.39. The molecule has 1 atom stereocenters. The van der Waals surface area contributed by atoms with E-state index in [4.69, 9.17) is 11.6 Å². The zero-order chi connectivity index (χ0) is 22.1. The lowest BCUT2D eigenvalue weighted by Crippen LogP contribution is -2.52. The molecule has 1 saturated heterocycles. The van der Waals surface area contributed by atoms with E-state index < -0.39 is 11.9 Å². The molecule has 0 aromatic heterocycles. The van der Waals surface area contributed by atoms with E-state index in [9.17, 15) is 19.2 Å². The quantitative estimate of drug-likeness (QED) is 0.635. The summed E-state index contributed by atoms with van der Waals surface area (Å²) in [5.74, 6) is -0.994. The van der Waals surface area contributed by atoms with Crippen LogP contribution < -0.4 is 16.0 Å². The Balaban J connectivity index is 1.38. The second-order valence-corrected chi connectivity index (χ2v) is 8.07. The minimum absolute atomic E-state index is 0.216. The van der Waals surface area contributed by atoms with Gasteiger partial charge >= 0.3 is 6.03 Å². The molecule has 9 heteroatoms. The molecule has 3 N–H and O–H groups in total. The van der Waals surface area contributed by atoms with Gasteiger partial charge in [-0.05, 0) is 54.3 Å². The summed E-state index contributed by atoms with van der Waals surface area (Å²) < 4.78 is 0. The topological polar surface area (TPSA) is 108 Å². The molecule has 1 fully saturated rings. The van der Waals surface area contributed by atoms with Gasteiger partial charge in [0.1, 0.15) is 6.04 Å². The van der Waals surface area contributed by atoms with E-state index in [1.807, 2.05) is 19.1 Å². The number of carbonyl (C=O) groups is 4. The van der Waals surface area contributed by atoms with Crippen LogP contribution in [-0.2, 0) is 22.7 Å². The summed E-state index contributed by atoms with van der Waals surface area (Å²) >= 11 is 5.99. The van der Waals surface area contributed by atoms with Crippen LogP contribution in [0.3, 0.4) is 0 Å². The number of anilines is 1. The predicted octanol–water partition coefficient (Wildman–Crippen LogP) is 2.73. The number of hydrogen-bond donors (Lipinski definition) is 3. The number of fused-ring (bicyclic) bond motifs is 1. The van der Waals surface area contributed by atoms with E-state index in [0.717, 1.165) is 16.7 Å². The number of hydrogen-bond acceptors (Lipinski definition) is 4. The zero-order valence-corrected chi connectivity index (χ0v) is 17.6. The summed E-state index contributed by atoms with van der Waals surface area (Å²) in [4.78, 5) is 50.1. The molecule has 0 saturated carbocycles. The van der Waals surface area contributed by atoms with E-state index in [0.29, 0.717) is 29.2 Å². The summed E-state index contributed by atoms with van der Waals surface area (Å²) in [6, 6.07) is 9.59. The lowest BCUT2D eigenvalue weighted by atomic mass is 10.0. The highest BCUT2D eigenvalue weighted by atomic mass is 35.5. The Labute approximate surface area is 183 Å². The number of halogens is 1. The summed E-state index contributed by atoms with van der Waals surface area (Å²) in [5.41, 5.74) is 3.58. The smallest absolute Gasteiger partial charge is 0.319 e. The molecule has 4 rings (SSSR count). The van der Waals surface area contributed by atoms with Gasteiger partial charge in [0, 0.05) is 35.8 Å². The Bertz CT molecular complexity index is 1100. The number of aryl methyl sites for hydroxylation is 1. The van der Waals surface area contributed by atoms with Crippen molar-refractivity contribution in [3.63, 3.8) is 0 Å². The van der Waals surface area contributed by atoms with Crippen LogP contribution in [0.15, 0.2) is 36.4 Å². The second-order valence-electron chi connectivity index (χ2n) is 7.66. The zero-order valence-electron chi connectivity index (χ0n) is 16.8. The minimum Gasteiger partial charge on any atom is -0.334 e. The Morgan fingerprint density at radius 3 is 2.74 bits per heavy atom. The molecule has 0 aliphatic carbocycles. The van der Waals surface area contributed by atoms with Crippen molar-refractivity contribution in [2.45, 2.75) is 38.9 Å². The van der Waals surface area contributed by atoms with Crippen LogP contribution >= 0.6 is 11.6 Å². The van der Waals surface area contributed by atoms with Gasteiger partial charge in [0.2, 0.25) is 11.8 Å². The van der Waals surface area contributed by atoms with Crippen LogP contribution in [0.2, 0.25) is 5.02 Å². The minimum atomic E-state index is -0.646. The van der Waals surface area contributed by atoms with Gasteiger partial charge in [-0.15, -0.1) is 0 Å². The number of nitrogens with zero attached hydrogens (tertiary/aromatic N) is 1. The molecule has 160 valence electrons. The Morgan fingerprint density at radius 2 is 2.00 bits per heavy atom. The van der Waals surface area contributed by atoms with Gasteiger partial charge in [0.15, 0.2) is 0 Å². The lowest BCUT2D eigenvalue weighted by Gasteiger charge is -2.29. The van der Waals surface area contributed by atoms with Gasteiger partial charge in [0.05, 0.1) is 0 Å². The largest absolute Gasteiger partial charge is 0.334 e. The van der Waals surface area contributed by atoms with Crippen molar-refractivity contribution in [3.8, 4) is 0 Å². The summed E-state index contributed by atoms with van der Waals surface area (Å²) in [6.45, 7) is 2.41. The number of imide groups is 1. The number of carbonyl (C=O) groups excluding carboxylic acids is 4. The van der Waals surface area contributed by atoms with Gasteiger partial charge < -0.3 is 15.5 Å². The molecule has 2 aromatic rings. The van der Waals surface area contributed by atoms with Crippen LogP contribution in [0.1, 0.15) is 39.9 Å². The maximum absolute atomic E-state index is 12.9. The van der Waals surface area contributed by atoms with Gasteiger partial charge in [-0.25, -0.2) is 4.79 Å². The average Bonchev–Trinajstić information content (AvgIpc) is 3.05. The molecule has 8 nitrogen and oxygen atoms in total. The number of urea groups is 1. The van der Waals surface area contributed by atoms with Gasteiger partial charge in [0.25, 0.3) is 5.91 Å². The van der Waals surface area contributed by atoms with E-state index >= 15 is 0 Å². The van der Waals surface area contributed by atoms with Crippen LogP contribution in [0.5, 0.6) is 0 Å². The van der Waals surface area contributed by atoms with E-state index in [2.05, 4.69) is 16.0 Å². The molecule has 0 radical (unpaired) electrons.